The maximum absolute atomic E-state index is 11.2. The van der Waals surface area contributed by atoms with Gasteiger partial charge in [-0.15, -0.1) is 0 Å². The van der Waals surface area contributed by atoms with Gasteiger partial charge in [-0.05, 0) is 18.2 Å². The molecule has 0 heterocycles. The normalized spacial score (nSPS) is 10.7. The van der Waals surface area contributed by atoms with E-state index < -0.39 is 5.91 Å². The number of nitrogens with two attached hydrogens (primary N) is 1. The van der Waals surface area contributed by atoms with Crippen LogP contribution in [0.4, 0.5) is 5.69 Å². The van der Waals surface area contributed by atoms with Crippen LogP contribution in [0, 0.1) is 0 Å². The Hall–Kier alpha value is -2.13. The van der Waals surface area contributed by atoms with Crippen molar-refractivity contribution in [3.63, 3.8) is 0 Å². The number of rotatable bonds is 3. The summed E-state index contributed by atoms with van der Waals surface area (Å²) in [6.45, 7) is 0. The molecule has 0 saturated carbocycles. The van der Waals surface area contributed by atoms with Crippen molar-refractivity contribution in [1.29, 1.82) is 0 Å². The molecule has 0 aliphatic rings. The van der Waals surface area contributed by atoms with Crippen LogP contribution in [0.3, 0.4) is 0 Å². The third-order valence-corrected chi connectivity index (χ3v) is 2.76. The Kier molecular flexibility index (Phi) is 3.75. The van der Waals surface area contributed by atoms with Crippen LogP contribution in [0.15, 0.2) is 53.5 Å². The summed E-state index contributed by atoms with van der Waals surface area (Å²) in [5.41, 5.74) is 6.99. The lowest BCUT2D eigenvalue weighted by Gasteiger charge is -2.01. The summed E-state index contributed by atoms with van der Waals surface area (Å²) >= 11 is 6.01. The summed E-state index contributed by atoms with van der Waals surface area (Å²) in [5, 5.41) is 0.609. The Balaban J connectivity index is 2.35. The molecule has 0 unspecified atom stereocenters. The van der Waals surface area contributed by atoms with Crippen molar-refractivity contribution in [3.05, 3.63) is 64.7 Å². The summed E-state index contributed by atoms with van der Waals surface area (Å²) < 4.78 is 0. The van der Waals surface area contributed by atoms with Gasteiger partial charge in [0.05, 0.1) is 11.3 Å². The molecule has 3 nitrogen and oxygen atoms in total. The molecule has 0 bridgehead atoms. The van der Waals surface area contributed by atoms with Gasteiger partial charge in [0.2, 0.25) is 0 Å². The highest BCUT2D eigenvalue weighted by atomic mass is 35.5. The van der Waals surface area contributed by atoms with Gasteiger partial charge in [-0.1, -0.05) is 41.9 Å². The summed E-state index contributed by atoms with van der Waals surface area (Å²) in [6.07, 6.45) is 1.62. The SMILES string of the molecule is NC(=O)c1ccccc1/N=C/c1ccccc1Cl. The van der Waals surface area contributed by atoms with E-state index in [0.717, 1.165) is 5.56 Å². The Bertz CT molecular complexity index is 608. The summed E-state index contributed by atoms with van der Waals surface area (Å²) in [7, 11) is 0. The highest BCUT2D eigenvalue weighted by molar-refractivity contribution is 6.33. The highest BCUT2D eigenvalue weighted by Crippen LogP contribution is 2.19. The first kappa shape index (κ1) is 12.3. The van der Waals surface area contributed by atoms with Gasteiger partial charge in [-0.2, -0.15) is 0 Å². The molecule has 0 aliphatic carbocycles. The van der Waals surface area contributed by atoms with Crippen molar-refractivity contribution in [1.82, 2.24) is 0 Å². The van der Waals surface area contributed by atoms with Crippen molar-refractivity contribution in [2.24, 2.45) is 10.7 Å². The van der Waals surface area contributed by atoms with Crippen molar-refractivity contribution < 1.29 is 4.79 Å². The summed E-state index contributed by atoms with van der Waals surface area (Å²) in [5.74, 6) is -0.498. The molecular weight excluding hydrogens is 248 g/mol. The van der Waals surface area contributed by atoms with Gasteiger partial charge in [-0.3, -0.25) is 9.79 Å². The van der Waals surface area contributed by atoms with Crippen molar-refractivity contribution in [2.45, 2.75) is 0 Å². The lowest BCUT2D eigenvalue weighted by atomic mass is 10.1. The van der Waals surface area contributed by atoms with Crippen LogP contribution in [-0.2, 0) is 0 Å². The zero-order valence-corrected chi connectivity index (χ0v) is 10.3. The topological polar surface area (TPSA) is 55.5 Å². The summed E-state index contributed by atoms with van der Waals surface area (Å²) in [4.78, 5) is 15.5. The first-order valence-corrected chi connectivity index (χ1v) is 5.73. The minimum Gasteiger partial charge on any atom is -0.366 e. The molecule has 2 aromatic carbocycles. The van der Waals surface area contributed by atoms with E-state index in [1.807, 2.05) is 18.2 Å². The zero-order valence-electron chi connectivity index (χ0n) is 9.51. The third kappa shape index (κ3) is 2.76. The largest absolute Gasteiger partial charge is 0.366 e. The molecule has 0 aliphatic heterocycles. The molecule has 0 radical (unpaired) electrons. The number of amides is 1. The van der Waals surface area contributed by atoms with Crippen LogP contribution in [0.25, 0.3) is 0 Å². The number of para-hydroxylation sites is 1. The third-order valence-electron chi connectivity index (χ3n) is 2.42. The zero-order chi connectivity index (χ0) is 13.0. The molecule has 4 heteroatoms. The predicted octanol–water partition coefficient (Wildman–Crippen LogP) is 3.19. The second kappa shape index (κ2) is 5.47. The first-order chi connectivity index (χ1) is 8.68. The van der Waals surface area contributed by atoms with E-state index >= 15 is 0 Å². The minimum absolute atomic E-state index is 0.390. The Morgan fingerprint density at radius 3 is 2.50 bits per heavy atom. The minimum atomic E-state index is -0.498. The second-order valence-electron chi connectivity index (χ2n) is 3.66. The van der Waals surface area contributed by atoms with Crippen LogP contribution in [0.1, 0.15) is 15.9 Å². The predicted molar refractivity (Wildman–Crippen MR) is 73.7 cm³/mol. The number of hydrogen-bond donors (Lipinski definition) is 1. The Morgan fingerprint density at radius 2 is 1.78 bits per heavy atom. The smallest absolute Gasteiger partial charge is 0.250 e. The molecular formula is C14H11ClN2O. The van der Waals surface area contributed by atoms with Crippen LogP contribution in [-0.4, -0.2) is 12.1 Å². The molecule has 0 saturated heterocycles. The van der Waals surface area contributed by atoms with E-state index in [0.29, 0.717) is 16.3 Å². The Morgan fingerprint density at radius 1 is 1.11 bits per heavy atom. The van der Waals surface area contributed by atoms with Crippen molar-refractivity contribution in [2.75, 3.05) is 0 Å². The fourth-order valence-electron chi connectivity index (χ4n) is 1.51. The van der Waals surface area contributed by atoms with Crippen LogP contribution < -0.4 is 5.73 Å². The maximum atomic E-state index is 11.2. The maximum Gasteiger partial charge on any atom is 0.250 e. The molecule has 2 aromatic rings. The molecule has 0 fully saturated rings. The average molecular weight is 259 g/mol. The number of halogens is 1. The molecule has 0 spiro atoms. The van der Waals surface area contributed by atoms with Crippen LogP contribution in [0.2, 0.25) is 5.02 Å². The molecule has 0 atom stereocenters. The van der Waals surface area contributed by atoms with E-state index in [9.17, 15) is 4.79 Å². The summed E-state index contributed by atoms with van der Waals surface area (Å²) in [6, 6.07) is 14.3. The quantitative estimate of drug-likeness (QED) is 0.845. The molecule has 2 N–H and O–H groups in total. The molecule has 2 rings (SSSR count). The van der Waals surface area contributed by atoms with Gasteiger partial charge in [0, 0.05) is 16.8 Å². The van der Waals surface area contributed by atoms with Gasteiger partial charge in [0.1, 0.15) is 0 Å². The number of aliphatic imine (C=N–C) groups is 1. The number of hydrogen-bond acceptors (Lipinski definition) is 2. The monoisotopic (exact) mass is 258 g/mol. The number of carbonyl (C=O) groups excluding carboxylic acids is 1. The lowest BCUT2D eigenvalue weighted by Crippen LogP contribution is -2.10. The van der Waals surface area contributed by atoms with E-state index in [1.165, 1.54) is 0 Å². The van der Waals surface area contributed by atoms with Gasteiger partial charge in [0.15, 0.2) is 0 Å². The van der Waals surface area contributed by atoms with E-state index in [-0.39, 0.29) is 0 Å². The standard InChI is InChI=1S/C14H11ClN2O/c15-12-7-3-1-5-10(12)9-17-13-8-4-2-6-11(13)14(16)18/h1-9H,(H2,16,18)/b17-9+. The highest BCUT2D eigenvalue weighted by Gasteiger charge is 2.05. The first-order valence-electron chi connectivity index (χ1n) is 5.36. The van der Waals surface area contributed by atoms with E-state index in [1.54, 1.807) is 36.5 Å². The molecule has 18 heavy (non-hydrogen) atoms. The van der Waals surface area contributed by atoms with Crippen molar-refractivity contribution in [3.8, 4) is 0 Å². The average Bonchev–Trinajstić information content (AvgIpc) is 2.38. The second-order valence-corrected chi connectivity index (χ2v) is 4.07. The fraction of sp³-hybridized carbons (Fsp3) is 0. The van der Waals surface area contributed by atoms with Crippen molar-refractivity contribution >= 4 is 29.4 Å². The molecule has 1 amide bonds. The number of primary amides is 1. The Labute approximate surface area is 110 Å². The molecule has 90 valence electrons. The van der Waals surface area contributed by atoms with Gasteiger partial charge < -0.3 is 5.73 Å². The lowest BCUT2D eigenvalue weighted by molar-refractivity contribution is 0.100. The van der Waals surface area contributed by atoms with Crippen LogP contribution >= 0.6 is 11.6 Å². The van der Waals surface area contributed by atoms with Crippen LogP contribution in [0.5, 0.6) is 0 Å². The number of carbonyl (C=O) groups is 1. The van der Waals surface area contributed by atoms with Gasteiger partial charge >= 0.3 is 0 Å². The fourth-order valence-corrected chi connectivity index (χ4v) is 1.70. The van der Waals surface area contributed by atoms with Gasteiger partial charge in [0.25, 0.3) is 5.91 Å². The van der Waals surface area contributed by atoms with Gasteiger partial charge in [-0.25, -0.2) is 0 Å². The van der Waals surface area contributed by atoms with E-state index in [2.05, 4.69) is 4.99 Å². The molecule has 0 aromatic heterocycles. The number of nitrogens with zero attached hydrogens (tertiary/aromatic N) is 1. The van der Waals surface area contributed by atoms with E-state index in [4.69, 9.17) is 17.3 Å². The number of benzene rings is 2.